The van der Waals surface area contributed by atoms with Crippen molar-refractivity contribution in [3.8, 4) is 5.69 Å². The summed E-state index contributed by atoms with van der Waals surface area (Å²) in [5.74, 6) is 0. The maximum atomic E-state index is 10.7. The molecule has 1 aromatic heterocycles. The number of rotatable bonds is 3. The largest absolute Gasteiger partial charge is 0.382 e. The fraction of sp³-hybridized carbons (Fsp3) is 0.118. The Bertz CT molecular complexity index is 752. The molecule has 1 N–H and O–H groups in total. The molecule has 0 aliphatic carbocycles. The molecule has 0 aliphatic rings. The van der Waals surface area contributed by atoms with Crippen LogP contribution in [0.5, 0.6) is 0 Å². The molecule has 3 aromatic rings. The first-order chi connectivity index (χ1) is 10.2. The van der Waals surface area contributed by atoms with Crippen molar-refractivity contribution >= 4 is 11.6 Å². The number of aryl methyl sites for hydroxylation is 1. The number of nitrogens with zero attached hydrogens (tertiary/aromatic N) is 2. The van der Waals surface area contributed by atoms with Crippen molar-refractivity contribution in [3.63, 3.8) is 0 Å². The van der Waals surface area contributed by atoms with Gasteiger partial charge in [0.15, 0.2) is 0 Å². The quantitative estimate of drug-likeness (QED) is 0.796. The van der Waals surface area contributed by atoms with Crippen LogP contribution in [-0.4, -0.2) is 14.9 Å². The van der Waals surface area contributed by atoms with E-state index in [9.17, 15) is 5.11 Å². The molecule has 106 valence electrons. The molecule has 21 heavy (non-hydrogen) atoms. The zero-order valence-electron chi connectivity index (χ0n) is 11.6. The van der Waals surface area contributed by atoms with Gasteiger partial charge in [0.2, 0.25) is 0 Å². The highest BCUT2D eigenvalue weighted by atomic mass is 35.5. The van der Waals surface area contributed by atoms with E-state index in [4.69, 9.17) is 11.6 Å². The molecule has 2 aromatic carbocycles. The van der Waals surface area contributed by atoms with Crippen LogP contribution in [0.25, 0.3) is 5.69 Å². The highest BCUT2D eigenvalue weighted by molar-refractivity contribution is 6.30. The normalized spacial score (nSPS) is 12.3. The maximum Gasteiger partial charge on any atom is 0.121 e. The minimum atomic E-state index is -0.772. The Hall–Kier alpha value is -2.10. The molecule has 0 saturated carbocycles. The number of halogens is 1. The minimum Gasteiger partial charge on any atom is -0.382 e. The molecule has 0 bridgehead atoms. The predicted molar refractivity (Wildman–Crippen MR) is 83.8 cm³/mol. The van der Waals surface area contributed by atoms with Crippen LogP contribution < -0.4 is 0 Å². The van der Waals surface area contributed by atoms with Gasteiger partial charge in [0.1, 0.15) is 6.10 Å². The average molecular weight is 299 g/mol. The Kier molecular flexibility index (Phi) is 3.78. The van der Waals surface area contributed by atoms with E-state index >= 15 is 0 Å². The summed E-state index contributed by atoms with van der Waals surface area (Å²) in [5.41, 5.74) is 3.41. The zero-order valence-corrected chi connectivity index (χ0v) is 12.3. The fourth-order valence-corrected chi connectivity index (χ4v) is 2.55. The lowest BCUT2D eigenvalue weighted by atomic mass is 10.0. The molecule has 0 radical (unpaired) electrons. The molecule has 0 saturated heterocycles. The van der Waals surface area contributed by atoms with Gasteiger partial charge in [-0.2, -0.15) is 5.10 Å². The van der Waals surface area contributed by atoms with Crippen LogP contribution >= 0.6 is 11.6 Å². The standard InChI is InChI=1S/C17H15ClN2O/c1-12-7-8-13(18)11-15(12)17(21)16-9-10-19-20(16)14-5-3-2-4-6-14/h2-11,17,21H,1H3. The second-order valence-corrected chi connectivity index (χ2v) is 5.34. The number of para-hydroxylation sites is 1. The highest BCUT2D eigenvalue weighted by Gasteiger charge is 2.18. The summed E-state index contributed by atoms with van der Waals surface area (Å²) in [7, 11) is 0. The first kappa shape index (κ1) is 13.9. The van der Waals surface area contributed by atoms with Gasteiger partial charge in [-0.05, 0) is 48.4 Å². The number of aromatic nitrogens is 2. The Morgan fingerprint density at radius 1 is 1.10 bits per heavy atom. The second-order valence-electron chi connectivity index (χ2n) is 4.91. The SMILES string of the molecule is Cc1ccc(Cl)cc1C(O)c1ccnn1-c1ccccc1. The number of hydrogen-bond donors (Lipinski definition) is 1. The lowest BCUT2D eigenvalue weighted by Crippen LogP contribution is -2.09. The number of aliphatic hydroxyl groups is 1. The van der Waals surface area contributed by atoms with Crippen molar-refractivity contribution in [1.29, 1.82) is 0 Å². The van der Waals surface area contributed by atoms with Crippen molar-refractivity contribution in [1.82, 2.24) is 9.78 Å². The molecule has 0 spiro atoms. The third-order valence-corrected chi connectivity index (χ3v) is 3.72. The smallest absolute Gasteiger partial charge is 0.121 e. The van der Waals surface area contributed by atoms with E-state index < -0.39 is 6.10 Å². The molecule has 1 atom stereocenters. The molecule has 0 amide bonds. The van der Waals surface area contributed by atoms with E-state index in [1.165, 1.54) is 0 Å². The molecule has 0 aliphatic heterocycles. The molecule has 3 nitrogen and oxygen atoms in total. The number of benzene rings is 2. The Labute approximate surface area is 128 Å². The van der Waals surface area contributed by atoms with Crippen LogP contribution in [-0.2, 0) is 0 Å². The van der Waals surface area contributed by atoms with Crippen LogP contribution in [0.4, 0.5) is 0 Å². The summed E-state index contributed by atoms with van der Waals surface area (Å²) in [6.07, 6.45) is 0.914. The van der Waals surface area contributed by atoms with Gasteiger partial charge in [-0.3, -0.25) is 0 Å². The maximum absolute atomic E-state index is 10.7. The third kappa shape index (κ3) is 2.71. The van der Waals surface area contributed by atoms with Crippen LogP contribution in [0.15, 0.2) is 60.8 Å². The summed E-state index contributed by atoms with van der Waals surface area (Å²) < 4.78 is 1.74. The summed E-state index contributed by atoms with van der Waals surface area (Å²) in [5, 5.41) is 15.6. The predicted octanol–water partition coefficient (Wildman–Crippen LogP) is 3.92. The molecule has 4 heteroatoms. The third-order valence-electron chi connectivity index (χ3n) is 3.49. The van der Waals surface area contributed by atoms with Gasteiger partial charge in [0, 0.05) is 11.2 Å². The summed E-state index contributed by atoms with van der Waals surface area (Å²) in [4.78, 5) is 0. The topological polar surface area (TPSA) is 38.1 Å². The van der Waals surface area contributed by atoms with Crippen LogP contribution in [0.3, 0.4) is 0 Å². The van der Waals surface area contributed by atoms with Gasteiger partial charge in [-0.15, -0.1) is 0 Å². The van der Waals surface area contributed by atoms with Gasteiger partial charge >= 0.3 is 0 Å². The number of hydrogen-bond acceptors (Lipinski definition) is 2. The lowest BCUT2D eigenvalue weighted by molar-refractivity contribution is 0.211. The van der Waals surface area contributed by atoms with Crippen molar-refractivity contribution in [2.45, 2.75) is 13.0 Å². The van der Waals surface area contributed by atoms with Gasteiger partial charge in [0.25, 0.3) is 0 Å². The molecular weight excluding hydrogens is 284 g/mol. The summed E-state index contributed by atoms with van der Waals surface area (Å²) >= 11 is 6.05. The average Bonchev–Trinajstić information content (AvgIpc) is 2.99. The fourth-order valence-electron chi connectivity index (χ4n) is 2.37. The minimum absolute atomic E-state index is 0.612. The summed E-state index contributed by atoms with van der Waals surface area (Å²) in [6.45, 7) is 1.96. The van der Waals surface area contributed by atoms with E-state index in [1.807, 2.05) is 55.5 Å². The van der Waals surface area contributed by atoms with Crippen molar-refractivity contribution < 1.29 is 5.11 Å². The Morgan fingerprint density at radius 2 is 1.86 bits per heavy atom. The molecule has 1 unspecified atom stereocenters. The molecule has 0 fully saturated rings. The van der Waals surface area contributed by atoms with Crippen LogP contribution in [0.2, 0.25) is 5.02 Å². The zero-order chi connectivity index (χ0) is 14.8. The second kappa shape index (κ2) is 5.72. The van der Waals surface area contributed by atoms with E-state index in [0.29, 0.717) is 10.7 Å². The van der Waals surface area contributed by atoms with E-state index in [1.54, 1.807) is 16.9 Å². The van der Waals surface area contributed by atoms with Gasteiger partial charge in [0.05, 0.1) is 11.4 Å². The first-order valence-corrected chi connectivity index (χ1v) is 7.08. The van der Waals surface area contributed by atoms with Gasteiger partial charge in [-0.1, -0.05) is 35.9 Å². The first-order valence-electron chi connectivity index (χ1n) is 6.70. The van der Waals surface area contributed by atoms with Crippen LogP contribution in [0.1, 0.15) is 22.9 Å². The van der Waals surface area contributed by atoms with E-state index in [-0.39, 0.29) is 0 Å². The molecular formula is C17H15ClN2O. The van der Waals surface area contributed by atoms with E-state index in [0.717, 1.165) is 16.8 Å². The summed E-state index contributed by atoms with van der Waals surface area (Å²) in [6, 6.07) is 17.1. The number of aliphatic hydroxyl groups excluding tert-OH is 1. The van der Waals surface area contributed by atoms with Crippen molar-refractivity contribution in [2.75, 3.05) is 0 Å². The van der Waals surface area contributed by atoms with Crippen molar-refractivity contribution in [3.05, 3.63) is 82.6 Å². The van der Waals surface area contributed by atoms with Gasteiger partial charge < -0.3 is 5.11 Å². The van der Waals surface area contributed by atoms with Crippen LogP contribution in [0, 0.1) is 6.92 Å². The monoisotopic (exact) mass is 298 g/mol. The lowest BCUT2D eigenvalue weighted by Gasteiger charge is -2.16. The Morgan fingerprint density at radius 3 is 2.62 bits per heavy atom. The Balaban J connectivity index is 2.06. The van der Waals surface area contributed by atoms with E-state index in [2.05, 4.69) is 5.10 Å². The van der Waals surface area contributed by atoms with Crippen molar-refractivity contribution in [2.24, 2.45) is 0 Å². The highest BCUT2D eigenvalue weighted by Crippen LogP contribution is 2.28. The molecule has 1 heterocycles. The molecule has 3 rings (SSSR count). The van der Waals surface area contributed by atoms with Gasteiger partial charge in [-0.25, -0.2) is 4.68 Å².